The monoisotopic (exact) mass is 280 g/mol. The molecule has 0 amide bonds. The zero-order chi connectivity index (χ0) is 14.3. The third kappa shape index (κ3) is 1.52. The zero-order valence-corrected chi connectivity index (χ0v) is 13.2. The molecule has 1 heterocycles. The van der Waals surface area contributed by atoms with Crippen LogP contribution >= 0.6 is 0 Å². The molecule has 0 radical (unpaired) electrons. The first kappa shape index (κ1) is 13.5. The molecule has 3 heteroatoms. The largest absolute Gasteiger partial charge is 0.390 e. The quantitative estimate of drug-likeness (QED) is 0.741. The lowest BCUT2D eigenvalue weighted by Crippen LogP contribution is -2.53. The van der Waals surface area contributed by atoms with Crippen LogP contribution in [0.2, 0.25) is 0 Å². The van der Waals surface area contributed by atoms with E-state index in [2.05, 4.69) is 20.8 Å². The fourth-order valence-corrected chi connectivity index (χ4v) is 5.90. The molecule has 0 bridgehead atoms. The lowest BCUT2D eigenvalue weighted by atomic mass is 9.85. The zero-order valence-electron chi connectivity index (χ0n) is 13.2. The van der Waals surface area contributed by atoms with Crippen LogP contribution in [0.3, 0.4) is 0 Å². The minimum atomic E-state index is -0.517. The first-order valence-electron chi connectivity index (χ1n) is 8.27. The molecule has 0 aromatic heterocycles. The van der Waals surface area contributed by atoms with E-state index in [-0.39, 0.29) is 5.41 Å². The molecule has 1 saturated heterocycles. The van der Waals surface area contributed by atoms with Crippen LogP contribution < -0.4 is 0 Å². The van der Waals surface area contributed by atoms with Gasteiger partial charge in [-0.25, -0.2) is 0 Å². The lowest BCUT2D eigenvalue weighted by Gasteiger charge is -2.47. The van der Waals surface area contributed by atoms with E-state index in [1.807, 2.05) is 6.92 Å². The van der Waals surface area contributed by atoms with E-state index >= 15 is 0 Å². The summed E-state index contributed by atoms with van der Waals surface area (Å²) in [6.45, 7) is 10.3. The number of fused-ring (bicyclic) bond motifs is 1. The SMILES string of the molecule is C[C@@H]1[C@H]2CC[C@@H]3[C@H]2[C@@H](C[C@@]3(C)O)C12OCC(C)(C)CO2. The van der Waals surface area contributed by atoms with Gasteiger partial charge < -0.3 is 14.6 Å². The Morgan fingerprint density at radius 2 is 1.65 bits per heavy atom. The maximum absolute atomic E-state index is 10.8. The summed E-state index contributed by atoms with van der Waals surface area (Å²) in [5, 5.41) is 10.8. The van der Waals surface area contributed by atoms with Crippen molar-refractivity contribution in [3.8, 4) is 0 Å². The molecule has 4 fully saturated rings. The highest BCUT2D eigenvalue weighted by Crippen LogP contribution is 2.68. The molecule has 0 aromatic carbocycles. The maximum atomic E-state index is 10.8. The van der Waals surface area contributed by atoms with E-state index in [1.54, 1.807) is 0 Å². The van der Waals surface area contributed by atoms with E-state index in [0.717, 1.165) is 19.6 Å². The number of hydrogen-bond donors (Lipinski definition) is 1. The van der Waals surface area contributed by atoms with Crippen molar-refractivity contribution in [2.24, 2.45) is 35.0 Å². The predicted molar refractivity (Wildman–Crippen MR) is 76.0 cm³/mol. The van der Waals surface area contributed by atoms with Crippen molar-refractivity contribution >= 4 is 0 Å². The van der Waals surface area contributed by atoms with Crippen LogP contribution in [0.4, 0.5) is 0 Å². The molecule has 1 spiro atoms. The second-order valence-corrected chi connectivity index (χ2v) is 8.84. The van der Waals surface area contributed by atoms with Crippen LogP contribution in [0.15, 0.2) is 0 Å². The summed E-state index contributed by atoms with van der Waals surface area (Å²) in [6, 6.07) is 0. The number of ether oxygens (including phenoxy) is 2. The topological polar surface area (TPSA) is 38.7 Å². The van der Waals surface area contributed by atoms with Gasteiger partial charge in [-0.2, -0.15) is 0 Å². The summed E-state index contributed by atoms with van der Waals surface area (Å²) in [7, 11) is 0. The average Bonchev–Trinajstić information content (AvgIpc) is 2.95. The van der Waals surface area contributed by atoms with Crippen molar-refractivity contribution in [2.45, 2.75) is 58.3 Å². The fourth-order valence-electron chi connectivity index (χ4n) is 5.90. The van der Waals surface area contributed by atoms with Gasteiger partial charge in [0.25, 0.3) is 0 Å². The molecule has 0 unspecified atom stereocenters. The maximum Gasteiger partial charge on any atom is 0.174 e. The molecule has 3 saturated carbocycles. The van der Waals surface area contributed by atoms with Gasteiger partial charge in [0, 0.05) is 17.3 Å². The van der Waals surface area contributed by atoms with Gasteiger partial charge in [-0.15, -0.1) is 0 Å². The Morgan fingerprint density at radius 3 is 2.30 bits per heavy atom. The van der Waals surface area contributed by atoms with Gasteiger partial charge in [0.1, 0.15) is 0 Å². The van der Waals surface area contributed by atoms with Crippen molar-refractivity contribution < 1.29 is 14.6 Å². The molecule has 4 rings (SSSR count). The highest BCUT2D eigenvalue weighted by atomic mass is 16.7. The number of hydrogen-bond acceptors (Lipinski definition) is 3. The highest BCUT2D eigenvalue weighted by molar-refractivity contribution is 5.16. The van der Waals surface area contributed by atoms with Crippen molar-refractivity contribution in [3.05, 3.63) is 0 Å². The molecular formula is C17H28O3. The Balaban J connectivity index is 1.69. The van der Waals surface area contributed by atoms with E-state index in [4.69, 9.17) is 9.47 Å². The number of aliphatic hydroxyl groups is 1. The Bertz CT molecular complexity index is 418. The normalized spacial score (nSPS) is 55.4. The third-order valence-electron chi connectivity index (χ3n) is 6.84. The van der Waals surface area contributed by atoms with Crippen LogP contribution in [0.1, 0.15) is 47.0 Å². The van der Waals surface area contributed by atoms with Crippen molar-refractivity contribution in [1.29, 1.82) is 0 Å². The van der Waals surface area contributed by atoms with Gasteiger partial charge in [0.15, 0.2) is 5.79 Å². The molecule has 1 N–H and O–H groups in total. The second kappa shape index (κ2) is 3.80. The molecule has 114 valence electrons. The Labute approximate surface area is 122 Å². The van der Waals surface area contributed by atoms with Crippen molar-refractivity contribution in [3.63, 3.8) is 0 Å². The molecule has 4 aliphatic rings. The first-order valence-corrected chi connectivity index (χ1v) is 8.27. The third-order valence-corrected chi connectivity index (χ3v) is 6.84. The molecule has 6 atom stereocenters. The molecule has 1 aliphatic heterocycles. The Morgan fingerprint density at radius 1 is 1.00 bits per heavy atom. The van der Waals surface area contributed by atoms with Crippen LogP contribution in [0.5, 0.6) is 0 Å². The minimum absolute atomic E-state index is 0.114. The molecule has 0 aromatic rings. The second-order valence-electron chi connectivity index (χ2n) is 8.84. The Hall–Kier alpha value is -0.120. The van der Waals surface area contributed by atoms with Crippen molar-refractivity contribution in [2.75, 3.05) is 13.2 Å². The van der Waals surface area contributed by atoms with Gasteiger partial charge in [0.2, 0.25) is 0 Å². The molecule has 3 aliphatic carbocycles. The number of rotatable bonds is 0. The predicted octanol–water partition coefficient (Wildman–Crippen LogP) is 2.82. The Kier molecular flexibility index (Phi) is 2.57. The van der Waals surface area contributed by atoms with Crippen LogP contribution in [-0.4, -0.2) is 29.7 Å². The standard InChI is InChI=1S/C17H28O3/c1-10-11-5-6-12-14(11)13(7-16(12,4)18)17(10)19-8-15(2,3)9-20-17/h10-14,18H,5-9H2,1-4H3/t10-,11-,12-,13-,14+,16-/m1/s1. The van der Waals surface area contributed by atoms with E-state index in [9.17, 15) is 5.11 Å². The van der Waals surface area contributed by atoms with E-state index in [0.29, 0.717) is 29.6 Å². The van der Waals surface area contributed by atoms with Crippen LogP contribution in [0.25, 0.3) is 0 Å². The van der Waals surface area contributed by atoms with Gasteiger partial charge in [0.05, 0.1) is 18.8 Å². The van der Waals surface area contributed by atoms with Gasteiger partial charge in [-0.05, 0) is 43.9 Å². The first-order chi connectivity index (χ1) is 9.27. The van der Waals surface area contributed by atoms with Crippen molar-refractivity contribution in [1.82, 2.24) is 0 Å². The van der Waals surface area contributed by atoms with Gasteiger partial charge in [-0.1, -0.05) is 20.8 Å². The van der Waals surface area contributed by atoms with Gasteiger partial charge >= 0.3 is 0 Å². The highest BCUT2D eigenvalue weighted by Gasteiger charge is 2.71. The van der Waals surface area contributed by atoms with Gasteiger partial charge in [-0.3, -0.25) is 0 Å². The summed E-state index contributed by atoms with van der Waals surface area (Å²) >= 11 is 0. The summed E-state index contributed by atoms with van der Waals surface area (Å²) < 4.78 is 12.8. The fraction of sp³-hybridized carbons (Fsp3) is 1.00. The average molecular weight is 280 g/mol. The molecule has 20 heavy (non-hydrogen) atoms. The van der Waals surface area contributed by atoms with Crippen LogP contribution in [0, 0.1) is 35.0 Å². The summed E-state index contributed by atoms with van der Waals surface area (Å²) in [5.41, 5.74) is -0.403. The summed E-state index contributed by atoms with van der Waals surface area (Å²) in [5.74, 6) is 2.20. The van der Waals surface area contributed by atoms with E-state index in [1.165, 1.54) is 12.8 Å². The van der Waals surface area contributed by atoms with E-state index < -0.39 is 11.4 Å². The molecular weight excluding hydrogens is 252 g/mol. The summed E-state index contributed by atoms with van der Waals surface area (Å²) in [6.07, 6.45) is 3.27. The summed E-state index contributed by atoms with van der Waals surface area (Å²) in [4.78, 5) is 0. The van der Waals surface area contributed by atoms with Crippen LogP contribution in [-0.2, 0) is 9.47 Å². The smallest absolute Gasteiger partial charge is 0.174 e. The lowest BCUT2D eigenvalue weighted by molar-refractivity contribution is -0.334. The minimum Gasteiger partial charge on any atom is -0.390 e. The molecule has 3 nitrogen and oxygen atoms in total.